The second-order valence-corrected chi connectivity index (χ2v) is 10.9. The van der Waals surface area contributed by atoms with E-state index in [0.717, 1.165) is 15.6 Å². The molecule has 2 heterocycles. The fourth-order valence-corrected chi connectivity index (χ4v) is 5.93. The number of carbonyl (C=O) groups excluding carboxylic acids is 1. The van der Waals surface area contributed by atoms with Crippen LogP contribution >= 0.6 is 27.3 Å². The summed E-state index contributed by atoms with van der Waals surface area (Å²) < 4.78 is 20.0. The van der Waals surface area contributed by atoms with E-state index in [-0.39, 0.29) is 5.56 Å². The van der Waals surface area contributed by atoms with Crippen LogP contribution in [0.4, 0.5) is 0 Å². The maximum atomic E-state index is 14.0. The van der Waals surface area contributed by atoms with Crippen molar-refractivity contribution in [2.24, 2.45) is 4.99 Å². The molecule has 0 saturated carbocycles. The fraction of sp³-hybridized carbons (Fsp3) is 0.194. The van der Waals surface area contributed by atoms with Crippen LogP contribution in [0.1, 0.15) is 36.1 Å². The second-order valence-electron chi connectivity index (χ2n) is 8.99. The molecule has 0 radical (unpaired) electrons. The van der Waals surface area contributed by atoms with Gasteiger partial charge in [-0.3, -0.25) is 9.36 Å². The lowest BCUT2D eigenvalue weighted by Crippen LogP contribution is -2.40. The zero-order valence-electron chi connectivity index (χ0n) is 22.2. The third kappa shape index (κ3) is 5.39. The largest absolute Gasteiger partial charge is 0.493 e. The minimum Gasteiger partial charge on any atom is -0.493 e. The van der Waals surface area contributed by atoms with Crippen molar-refractivity contribution in [1.82, 2.24) is 4.57 Å². The third-order valence-corrected chi connectivity index (χ3v) is 8.09. The summed E-state index contributed by atoms with van der Waals surface area (Å²) in [5, 5.41) is 0. The van der Waals surface area contributed by atoms with Gasteiger partial charge in [0.25, 0.3) is 5.56 Å². The summed E-state index contributed by atoms with van der Waals surface area (Å²) in [6, 6.07) is 22.2. The summed E-state index contributed by atoms with van der Waals surface area (Å²) in [4.78, 5) is 32.2. The van der Waals surface area contributed by atoms with Gasteiger partial charge in [-0.25, -0.2) is 9.79 Å². The fourth-order valence-electron chi connectivity index (χ4n) is 4.65. The molecule has 204 valence electrons. The molecule has 0 bridgehead atoms. The number of rotatable bonds is 8. The van der Waals surface area contributed by atoms with E-state index < -0.39 is 12.0 Å². The summed E-state index contributed by atoms with van der Waals surface area (Å²) in [5.74, 6) is 0.588. The first kappa shape index (κ1) is 27.6. The van der Waals surface area contributed by atoms with Crippen molar-refractivity contribution in [2.75, 3.05) is 14.2 Å². The van der Waals surface area contributed by atoms with Crippen LogP contribution in [0, 0.1) is 0 Å². The van der Waals surface area contributed by atoms with Gasteiger partial charge in [0, 0.05) is 10.0 Å². The van der Waals surface area contributed by atoms with Crippen LogP contribution in [0.15, 0.2) is 98.3 Å². The van der Waals surface area contributed by atoms with Crippen LogP contribution in [0.25, 0.3) is 6.08 Å². The number of ether oxygens (including phenoxy) is 3. The molecule has 0 spiro atoms. The van der Waals surface area contributed by atoms with Crippen LogP contribution in [0.2, 0.25) is 0 Å². The number of hydrogen-bond acceptors (Lipinski definition) is 7. The number of para-hydroxylation sites is 1. The summed E-state index contributed by atoms with van der Waals surface area (Å²) in [6.07, 6.45) is 2.31. The van der Waals surface area contributed by atoms with Crippen LogP contribution < -0.4 is 24.4 Å². The molecule has 0 aliphatic carbocycles. The number of nitrogens with zero attached hydrogens (tertiary/aromatic N) is 2. The molecule has 9 heteroatoms. The van der Waals surface area contributed by atoms with Crippen LogP contribution in [0.5, 0.6) is 11.5 Å². The average molecular weight is 620 g/mol. The van der Waals surface area contributed by atoms with E-state index in [1.54, 1.807) is 17.8 Å². The molecule has 7 nitrogen and oxygen atoms in total. The Bertz CT molecular complexity index is 1760. The number of halogens is 1. The number of methoxy groups -OCH3 is 2. The van der Waals surface area contributed by atoms with Crippen molar-refractivity contribution in [3.63, 3.8) is 0 Å². The van der Waals surface area contributed by atoms with E-state index >= 15 is 0 Å². The van der Waals surface area contributed by atoms with Gasteiger partial charge < -0.3 is 14.2 Å². The lowest BCUT2D eigenvalue weighted by Gasteiger charge is -2.25. The van der Waals surface area contributed by atoms with Gasteiger partial charge >= 0.3 is 5.97 Å². The molecule has 40 heavy (non-hydrogen) atoms. The Morgan fingerprint density at radius 1 is 1.05 bits per heavy atom. The maximum absolute atomic E-state index is 14.0. The molecular weight excluding hydrogens is 592 g/mol. The van der Waals surface area contributed by atoms with Gasteiger partial charge in [0.05, 0.1) is 36.1 Å². The standard InChI is InChI=1S/C31H27BrN2O5S/c1-4-23-26(30(36)38-3)27(20-9-6-5-7-10-20)34-29(35)25(40-31(34)33-23)17-21-11-8-12-24(37-2)28(21)39-18-19-13-15-22(32)16-14-19/h5-17,27H,4,18H2,1-3H3/b25-17+/t27-/m0/s1. The molecule has 1 aliphatic heterocycles. The SMILES string of the molecule is CCC1=C(C(=O)OC)[C@H](c2ccccc2)n2c(s/c(=C/c3cccc(OC)c3OCc3ccc(Br)cc3)c2=O)=N1. The van der Waals surface area contributed by atoms with Gasteiger partial charge in [0.1, 0.15) is 6.61 Å². The lowest BCUT2D eigenvalue weighted by molar-refractivity contribution is -0.136. The molecule has 0 amide bonds. The first-order valence-corrected chi connectivity index (χ1v) is 14.3. The number of esters is 1. The number of hydrogen-bond donors (Lipinski definition) is 0. The van der Waals surface area contributed by atoms with Crippen molar-refractivity contribution >= 4 is 39.3 Å². The van der Waals surface area contributed by atoms with Crippen LogP contribution in [-0.4, -0.2) is 24.8 Å². The molecule has 0 N–H and O–H groups in total. The van der Waals surface area contributed by atoms with E-state index in [1.807, 2.05) is 79.7 Å². The zero-order valence-corrected chi connectivity index (χ0v) is 24.6. The van der Waals surface area contributed by atoms with Crippen molar-refractivity contribution in [1.29, 1.82) is 0 Å². The molecule has 4 aromatic rings. The minimum atomic E-state index is -0.652. The molecular formula is C31H27BrN2O5S. The van der Waals surface area contributed by atoms with E-state index in [0.29, 0.717) is 50.7 Å². The van der Waals surface area contributed by atoms with Gasteiger partial charge in [0.15, 0.2) is 16.3 Å². The van der Waals surface area contributed by atoms with E-state index in [2.05, 4.69) is 15.9 Å². The number of carbonyl (C=O) groups is 1. The van der Waals surface area contributed by atoms with Gasteiger partial charge in [-0.15, -0.1) is 0 Å². The Kier molecular flexibility index (Phi) is 8.32. The number of thiazole rings is 1. The van der Waals surface area contributed by atoms with Crippen molar-refractivity contribution < 1.29 is 19.0 Å². The van der Waals surface area contributed by atoms with Gasteiger partial charge in [-0.2, -0.15) is 0 Å². The van der Waals surface area contributed by atoms with Crippen molar-refractivity contribution in [3.05, 3.63) is 125 Å². The Balaban J connectivity index is 1.65. The van der Waals surface area contributed by atoms with Crippen LogP contribution in [0.3, 0.4) is 0 Å². The quantitative estimate of drug-likeness (QED) is 0.255. The highest BCUT2D eigenvalue weighted by molar-refractivity contribution is 9.10. The highest BCUT2D eigenvalue weighted by Crippen LogP contribution is 2.33. The highest BCUT2D eigenvalue weighted by Gasteiger charge is 2.33. The van der Waals surface area contributed by atoms with E-state index in [1.165, 1.54) is 18.4 Å². The number of fused-ring (bicyclic) bond motifs is 1. The zero-order chi connectivity index (χ0) is 28.2. The predicted molar refractivity (Wildman–Crippen MR) is 158 cm³/mol. The Labute approximate surface area is 243 Å². The number of benzene rings is 3. The van der Waals surface area contributed by atoms with Gasteiger partial charge in [-0.05, 0) is 41.8 Å². The number of aromatic nitrogens is 1. The number of allylic oxidation sites excluding steroid dienone is 1. The summed E-state index contributed by atoms with van der Waals surface area (Å²) >= 11 is 4.73. The monoisotopic (exact) mass is 618 g/mol. The van der Waals surface area contributed by atoms with Crippen LogP contribution in [-0.2, 0) is 16.1 Å². The smallest absolute Gasteiger partial charge is 0.338 e. The summed E-state index contributed by atoms with van der Waals surface area (Å²) in [7, 11) is 2.92. The molecule has 1 aliphatic rings. The average Bonchev–Trinajstić information content (AvgIpc) is 3.30. The van der Waals surface area contributed by atoms with Crippen molar-refractivity contribution in [3.8, 4) is 11.5 Å². The van der Waals surface area contributed by atoms with E-state index in [9.17, 15) is 9.59 Å². The Hall–Kier alpha value is -3.95. The molecule has 0 saturated heterocycles. The normalized spacial score (nSPS) is 14.9. The lowest BCUT2D eigenvalue weighted by atomic mass is 9.95. The van der Waals surface area contributed by atoms with Crippen molar-refractivity contribution in [2.45, 2.75) is 26.0 Å². The topological polar surface area (TPSA) is 79.1 Å². The minimum absolute atomic E-state index is 0.254. The molecule has 1 aromatic heterocycles. The first-order valence-electron chi connectivity index (χ1n) is 12.7. The molecule has 0 unspecified atom stereocenters. The Morgan fingerprint density at radius 2 is 1.80 bits per heavy atom. The van der Waals surface area contributed by atoms with E-state index in [4.69, 9.17) is 19.2 Å². The maximum Gasteiger partial charge on any atom is 0.338 e. The molecule has 1 atom stereocenters. The molecule has 3 aromatic carbocycles. The highest BCUT2D eigenvalue weighted by atomic mass is 79.9. The third-order valence-electron chi connectivity index (χ3n) is 6.58. The predicted octanol–water partition coefficient (Wildman–Crippen LogP) is 5.15. The summed E-state index contributed by atoms with van der Waals surface area (Å²) in [6.45, 7) is 2.26. The molecule has 0 fully saturated rings. The van der Waals surface area contributed by atoms with Gasteiger partial charge in [0.2, 0.25) is 0 Å². The van der Waals surface area contributed by atoms with Gasteiger partial charge in [-0.1, -0.05) is 88.8 Å². The first-order chi connectivity index (χ1) is 19.4. The second kappa shape index (κ2) is 12.1. The molecule has 5 rings (SSSR count). The summed E-state index contributed by atoms with van der Waals surface area (Å²) in [5.41, 5.74) is 3.21. The Morgan fingerprint density at radius 3 is 2.48 bits per heavy atom.